The molecular formula is C23H19NO. The van der Waals surface area contributed by atoms with Crippen LogP contribution in [-0.4, -0.2) is 10.8 Å². The Morgan fingerprint density at radius 1 is 0.840 bits per heavy atom. The molecule has 0 spiro atoms. The summed E-state index contributed by atoms with van der Waals surface area (Å²) in [4.78, 5) is 16.7. The topological polar surface area (TPSA) is 32.9 Å². The first kappa shape index (κ1) is 15.4. The zero-order valence-electron chi connectivity index (χ0n) is 14.1. The highest BCUT2D eigenvalue weighted by atomic mass is 16.1. The molecule has 0 saturated heterocycles. The van der Waals surface area contributed by atoms with Crippen molar-refractivity contribution in [1.82, 2.24) is 4.98 Å². The van der Waals surface area contributed by atoms with Gasteiger partial charge in [0.2, 0.25) is 0 Å². The number of H-pyrrole nitrogens is 1. The van der Waals surface area contributed by atoms with Crippen molar-refractivity contribution in [3.05, 3.63) is 107 Å². The normalized spacial score (nSPS) is 12.2. The Balaban J connectivity index is 1.93. The summed E-state index contributed by atoms with van der Waals surface area (Å²) in [6.45, 7) is 2.09. The van der Waals surface area contributed by atoms with Gasteiger partial charge in [-0.05, 0) is 29.7 Å². The molecule has 0 radical (unpaired) electrons. The van der Waals surface area contributed by atoms with E-state index in [-0.39, 0.29) is 11.7 Å². The number of aromatic nitrogens is 1. The van der Waals surface area contributed by atoms with Crippen molar-refractivity contribution in [2.75, 3.05) is 0 Å². The van der Waals surface area contributed by atoms with Crippen molar-refractivity contribution < 1.29 is 4.79 Å². The summed E-state index contributed by atoms with van der Waals surface area (Å²) < 4.78 is 0. The molecule has 122 valence electrons. The number of aryl methyl sites for hydroxylation is 1. The van der Waals surface area contributed by atoms with Crippen LogP contribution in [-0.2, 0) is 0 Å². The van der Waals surface area contributed by atoms with Crippen molar-refractivity contribution in [2.24, 2.45) is 0 Å². The van der Waals surface area contributed by atoms with E-state index in [2.05, 4.69) is 24.0 Å². The van der Waals surface area contributed by atoms with Crippen LogP contribution in [0.5, 0.6) is 0 Å². The summed E-state index contributed by atoms with van der Waals surface area (Å²) in [7, 11) is 0. The molecule has 0 fully saturated rings. The van der Waals surface area contributed by atoms with E-state index in [9.17, 15) is 4.79 Å². The highest BCUT2D eigenvalue weighted by Gasteiger charge is 2.26. The van der Waals surface area contributed by atoms with Gasteiger partial charge in [-0.2, -0.15) is 0 Å². The minimum Gasteiger partial charge on any atom is -0.361 e. The van der Waals surface area contributed by atoms with Gasteiger partial charge in [0.05, 0.1) is 5.92 Å². The Bertz CT molecular complexity index is 1020. The number of benzene rings is 3. The number of hydrogen-bond donors (Lipinski definition) is 1. The maximum atomic E-state index is 13.4. The molecule has 0 amide bonds. The van der Waals surface area contributed by atoms with Crippen LogP contribution in [0.15, 0.2) is 85.1 Å². The average Bonchev–Trinajstić information content (AvgIpc) is 3.09. The maximum absolute atomic E-state index is 13.4. The number of aromatic amines is 1. The molecule has 25 heavy (non-hydrogen) atoms. The number of fused-ring (bicyclic) bond motifs is 1. The maximum Gasteiger partial charge on any atom is 0.174 e. The first-order chi connectivity index (χ1) is 12.3. The van der Waals surface area contributed by atoms with Crippen molar-refractivity contribution in [1.29, 1.82) is 0 Å². The predicted octanol–water partition coefficient (Wildman–Crippen LogP) is 5.49. The zero-order valence-corrected chi connectivity index (χ0v) is 14.1. The molecule has 1 unspecified atom stereocenters. The highest BCUT2D eigenvalue weighted by Crippen LogP contribution is 2.35. The smallest absolute Gasteiger partial charge is 0.174 e. The van der Waals surface area contributed by atoms with E-state index in [0.717, 1.165) is 27.6 Å². The van der Waals surface area contributed by atoms with Crippen LogP contribution in [0.3, 0.4) is 0 Å². The van der Waals surface area contributed by atoms with Gasteiger partial charge in [-0.3, -0.25) is 4.79 Å². The second kappa shape index (κ2) is 6.40. The van der Waals surface area contributed by atoms with Gasteiger partial charge in [0.1, 0.15) is 0 Å². The Morgan fingerprint density at radius 2 is 1.52 bits per heavy atom. The summed E-state index contributed by atoms with van der Waals surface area (Å²) in [5.41, 5.74) is 5.03. The molecule has 4 aromatic rings. The molecule has 1 heterocycles. The molecule has 0 aliphatic carbocycles. The third kappa shape index (κ3) is 2.76. The van der Waals surface area contributed by atoms with E-state index in [1.807, 2.05) is 72.9 Å². The van der Waals surface area contributed by atoms with Gasteiger partial charge >= 0.3 is 0 Å². The van der Waals surface area contributed by atoms with Gasteiger partial charge < -0.3 is 4.98 Å². The Hall–Kier alpha value is -3.13. The SMILES string of the molecule is Cc1cccc2[nH]cc(C(C(=O)c3ccccc3)c3ccccc3)c12. The Morgan fingerprint density at radius 3 is 2.24 bits per heavy atom. The lowest BCUT2D eigenvalue weighted by atomic mass is 9.84. The van der Waals surface area contributed by atoms with E-state index in [4.69, 9.17) is 0 Å². The molecular weight excluding hydrogens is 306 g/mol. The third-order valence-electron chi connectivity index (χ3n) is 4.71. The summed E-state index contributed by atoms with van der Waals surface area (Å²) in [5.74, 6) is -0.200. The minimum absolute atomic E-state index is 0.121. The van der Waals surface area contributed by atoms with E-state index in [0.29, 0.717) is 0 Å². The Kier molecular flexibility index (Phi) is 3.95. The number of carbonyl (C=O) groups excluding carboxylic acids is 1. The van der Waals surface area contributed by atoms with Crippen LogP contribution >= 0.6 is 0 Å². The lowest BCUT2D eigenvalue weighted by Gasteiger charge is -2.17. The summed E-state index contributed by atoms with van der Waals surface area (Å²) in [6.07, 6.45) is 1.98. The number of carbonyl (C=O) groups is 1. The second-order valence-corrected chi connectivity index (χ2v) is 6.32. The zero-order chi connectivity index (χ0) is 17.2. The largest absolute Gasteiger partial charge is 0.361 e. The minimum atomic E-state index is -0.321. The molecule has 1 N–H and O–H groups in total. The number of nitrogens with one attached hydrogen (secondary N) is 1. The van der Waals surface area contributed by atoms with Gasteiger partial charge in [-0.1, -0.05) is 72.8 Å². The number of ketones is 1. The predicted molar refractivity (Wildman–Crippen MR) is 102 cm³/mol. The van der Waals surface area contributed by atoms with Crippen molar-refractivity contribution in [2.45, 2.75) is 12.8 Å². The van der Waals surface area contributed by atoms with E-state index >= 15 is 0 Å². The number of hydrogen-bond acceptors (Lipinski definition) is 1. The van der Waals surface area contributed by atoms with Crippen LogP contribution in [0.25, 0.3) is 10.9 Å². The first-order valence-corrected chi connectivity index (χ1v) is 8.46. The number of rotatable bonds is 4. The van der Waals surface area contributed by atoms with Crippen LogP contribution in [0, 0.1) is 6.92 Å². The third-order valence-corrected chi connectivity index (χ3v) is 4.71. The monoisotopic (exact) mass is 325 g/mol. The summed E-state index contributed by atoms with van der Waals surface area (Å²) in [6, 6.07) is 25.7. The van der Waals surface area contributed by atoms with Gasteiger partial charge in [0.25, 0.3) is 0 Å². The lowest BCUT2D eigenvalue weighted by molar-refractivity contribution is 0.0974. The van der Waals surface area contributed by atoms with Crippen LogP contribution < -0.4 is 0 Å². The fraction of sp³-hybridized carbons (Fsp3) is 0.0870. The summed E-state index contributed by atoms with van der Waals surface area (Å²) >= 11 is 0. The fourth-order valence-electron chi connectivity index (χ4n) is 3.51. The average molecular weight is 325 g/mol. The standard InChI is InChI=1S/C23H19NO/c1-16-9-8-14-20-21(16)19(15-24-20)22(17-10-4-2-5-11-17)23(25)18-12-6-3-7-13-18/h2-15,22,24H,1H3. The van der Waals surface area contributed by atoms with Crippen LogP contribution in [0.4, 0.5) is 0 Å². The molecule has 0 saturated carbocycles. The van der Waals surface area contributed by atoms with Gasteiger partial charge in [0, 0.05) is 22.7 Å². The van der Waals surface area contributed by atoms with E-state index in [1.54, 1.807) is 0 Å². The molecule has 0 aliphatic rings. The summed E-state index contributed by atoms with van der Waals surface area (Å²) in [5, 5.41) is 1.14. The second-order valence-electron chi connectivity index (χ2n) is 6.32. The molecule has 4 rings (SSSR count). The molecule has 0 aliphatic heterocycles. The van der Waals surface area contributed by atoms with Crippen LogP contribution in [0.2, 0.25) is 0 Å². The van der Waals surface area contributed by atoms with E-state index < -0.39 is 0 Å². The fourth-order valence-corrected chi connectivity index (χ4v) is 3.51. The van der Waals surface area contributed by atoms with Crippen molar-refractivity contribution in [3.63, 3.8) is 0 Å². The quantitative estimate of drug-likeness (QED) is 0.494. The molecule has 2 nitrogen and oxygen atoms in total. The van der Waals surface area contributed by atoms with Crippen molar-refractivity contribution in [3.8, 4) is 0 Å². The van der Waals surface area contributed by atoms with Gasteiger partial charge in [-0.15, -0.1) is 0 Å². The molecule has 1 aromatic heterocycles. The molecule has 1 atom stereocenters. The van der Waals surface area contributed by atoms with E-state index in [1.165, 1.54) is 5.56 Å². The van der Waals surface area contributed by atoms with Crippen molar-refractivity contribution >= 4 is 16.7 Å². The molecule has 3 aromatic carbocycles. The highest BCUT2D eigenvalue weighted by molar-refractivity contribution is 6.05. The van der Waals surface area contributed by atoms with Crippen LogP contribution in [0.1, 0.15) is 33.0 Å². The molecule has 0 bridgehead atoms. The number of Topliss-reactive ketones (excluding diaryl/α,β-unsaturated/α-hetero) is 1. The first-order valence-electron chi connectivity index (χ1n) is 8.46. The molecule has 2 heteroatoms. The van der Waals surface area contributed by atoms with Gasteiger partial charge in [0.15, 0.2) is 5.78 Å². The van der Waals surface area contributed by atoms with Gasteiger partial charge in [-0.25, -0.2) is 0 Å². The Labute approximate surface area is 147 Å². The lowest BCUT2D eigenvalue weighted by Crippen LogP contribution is -2.14.